The number of rotatable bonds is 4. The van der Waals surface area contributed by atoms with Crippen molar-refractivity contribution in [2.45, 2.75) is 0 Å². The van der Waals surface area contributed by atoms with Crippen LogP contribution in [0.1, 0.15) is 0 Å². The maximum absolute atomic E-state index is 11.9. The van der Waals surface area contributed by atoms with E-state index in [4.69, 9.17) is 39.2 Å². The summed E-state index contributed by atoms with van der Waals surface area (Å²) in [6.45, 7) is 6.65. The van der Waals surface area contributed by atoms with Crippen molar-refractivity contribution in [1.82, 2.24) is 0 Å². The molecule has 0 bridgehead atoms. The second-order valence-corrected chi connectivity index (χ2v) is 6.74. The van der Waals surface area contributed by atoms with Crippen molar-refractivity contribution in [2.75, 3.05) is 6.61 Å². The van der Waals surface area contributed by atoms with Crippen molar-refractivity contribution in [3.05, 3.63) is 60.7 Å². The van der Waals surface area contributed by atoms with E-state index in [-0.39, 0.29) is 12.4 Å². The highest BCUT2D eigenvalue weighted by Crippen LogP contribution is 2.37. The van der Waals surface area contributed by atoms with Crippen molar-refractivity contribution < 1.29 is 14.3 Å². The SMILES string of the molecule is [C-]#[N+]c1cc(Br)c(OC(=O)COc2ccc(Cl)cc2Cl)c(Br)c1. The van der Waals surface area contributed by atoms with Crippen LogP contribution in [0, 0.1) is 6.57 Å². The Balaban J connectivity index is 2.04. The number of hydrogen-bond donors (Lipinski definition) is 0. The fourth-order valence-corrected chi connectivity index (χ4v) is 3.37. The van der Waals surface area contributed by atoms with E-state index in [1.54, 1.807) is 24.3 Å². The first-order chi connectivity index (χ1) is 10.9. The van der Waals surface area contributed by atoms with Crippen LogP contribution in [0.3, 0.4) is 0 Å². The Morgan fingerprint density at radius 2 is 1.83 bits per heavy atom. The minimum Gasteiger partial charge on any atom is -0.480 e. The molecule has 23 heavy (non-hydrogen) atoms. The average Bonchev–Trinajstić information content (AvgIpc) is 2.49. The standard InChI is InChI=1S/C15H7Br2Cl2NO3/c1-20-9-5-10(16)15(11(17)6-9)23-14(21)7-22-13-3-2-8(18)4-12(13)19/h2-6H,7H2. The average molecular weight is 480 g/mol. The van der Waals surface area contributed by atoms with Crippen LogP contribution in [0.5, 0.6) is 11.5 Å². The number of esters is 1. The van der Waals surface area contributed by atoms with Crippen LogP contribution < -0.4 is 9.47 Å². The summed E-state index contributed by atoms with van der Waals surface area (Å²) in [5.41, 5.74) is 0.410. The van der Waals surface area contributed by atoms with Gasteiger partial charge in [0.05, 0.1) is 20.5 Å². The highest BCUT2D eigenvalue weighted by Gasteiger charge is 2.14. The van der Waals surface area contributed by atoms with Gasteiger partial charge in [0.15, 0.2) is 18.0 Å². The number of benzene rings is 2. The lowest BCUT2D eigenvalue weighted by Crippen LogP contribution is -2.18. The first-order valence-corrected chi connectivity index (χ1v) is 8.40. The van der Waals surface area contributed by atoms with Gasteiger partial charge in [-0.15, -0.1) is 0 Å². The smallest absolute Gasteiger partial charge is 0.349 e. The zero-order valence-corrected chi connectivity index (χ0v) is 16.0. The Labute approximate surface area is 159 Å². The molecule has 0 aliphatic rings. The lowest BCUT2D eigenvalue weighted by atomic mass is 10.3. The minimum atomic E-state index is -0.618. The van der Waals surface area contributed by atoms with Crippen LogP contribution in [0.15, 0.2) is 39.3 Å². The number of ether oxygens (including phenoxy) is 2. The molecule has 0 saturated carbocycles. The Hall–Kier alpha value is -1.26. The van der Waals surface area contributed by atoms with E-state index in [0.29, 0.717) is 30.4 Å². The summed E-state index contributed by atoms with van der Waals surface area (Å²) in [6, 6.07) is 7.79. The quantitative estimate of drug-likeness (QED) is 0.304. The number of halogens is 4. The first kappa shape index (κ1) is 18.1. The third-order valence-electron chi connectivity index (χ3n) is 2.57. The van der Waals surface area contributed by atoms with Gasteiger partial charge in [-0.2, -0.15) is 0 Å². The van der Waals surface area contributed by atoms with Gasteiger partial charge in [-0.3, -0.25) is 0 Å². The van der Waals surface area contributed by atoms with Gasteiger partial charge in [0.2, 0.25) is 0 Å². The van der Waals surface area contributed by atoms with Gasteiger partial charge in [-0.25, -0.2) is 9.64 Å². The fraction of sp³-hybridized carbons (Fsp3) is 0.0667. The molecule has 2 aromatic carbocycles. The van der Waals surface area contributed by atoms with Crippen molar-refractivity contribution in [2.24, 2.45) is 0 Å². The van der Waals surface area contributed by atoms with Gasteiger partial charge < -0.3 is 9.47 Å². The van der Waals surface area contributed by atoms with Crippen LogP contribution in [0.25, 0.3) is 4.85 Å². The molecule has 2 aromatic rings. The second-order valence-electron chi connectivity index (χ2n) is 4.19. The molecule has 0 N–H and O–H groups in total. The molecular formula is C15H7Br2Cl2NO3. The minimum absolute atomic E-state index is 0.271. The van der Waals surface area contributed by atoms with Gasteiger partial charge in [0, 0.05) is 5.02 Å². The molecule has 0 aliphatic heterocycles. The summed E-state index contributed by atoms with van der Waals surface area (Å²) >= 11 is 18.2. The molecule has 0 fully saturated rings. The molecular weight excluding hydrogens is 473 g/mol. The van der Waals surface area contributed by atoms with E-state index < -0.39 is 5.97 Å². The van der Waals surface area contributed by atoms with Crippen molar-refractivity contribution in [3.8, 4) is 11.5 Å². The number of carbonyl (C=O) groups is 1. The molecule has 4 nitrogen and oxygen atoms in total. The van der Waals surface area contributed by atoms with Crippen LogP contribution in [-0.4, -0.2) is 12.6 Å². The highest BCUT2D eigenvalue weighted by molar-refractivity contribution is 9.11. The third kappa shape index (κ3) is 4.85. The Morgan fingerprint density at radius 1 is 1.17 bits per heavy atom. The number of carbonyl (C=O) groups excluding carboxylic acids is 1. The zero-order valence-electron chi connectivity index (χ0n) is 11.3. The molecule has 0 radical (unpaired) electrons. The molecule has 0 spiro atoms. The van der Waals surface area contributed by atoms with E-state index in [0.717, 1.165) is 0 Å². The number of nitrogens with zero attached hydrogens (tertiary/aromatic N) is 1. The summed E-state index contributed by atoms with van der Waals surface area (Å²) < 4.78 is 11.5. The molecule has 8 heteroatoms. The fourth-order valence-electron chi connectivity index (χ4n) is 1.58. The molecule has 0 saturated heterocycles. The van der Waals surface area contributed by atoms with Crippen molar-refractivity contribution in [3.63, 3.8) is 0 Å². The van der Waals surface area contributed by atoms with Crippen LogP contribution in [0.4, 0.5) is 5.69 Å². The van der Waals surface area contributed by atoms with Crippen molar-refractivity contribution in [1.29, 1.82) is 0 Å². The maximum atomic E-state index is 11.9. The normalized spacial score (nSPS) is 10.0. The predicted octanol–water partition coefficient (Wildman–Crippen LogP) is 6.05. The van der Waals surface area contributed by atoms with E-state index in [2.05, 4.69) is 36.7 Å². The molecule has 0 aromatic heterocycles. The monoisotopic (exact) mass is 477 g/mol. The lowest BCUT2D eigenvalue weighted by Gasteiger charge is -2.11. The maximum Gasteiger partial charge on any atom is 0.349 e. The first-order valence-electron chi connectivity index (χ1n) is 6.05. The zero-order chi connectivity index (χ0) is 17.0. The summed E-state index contributed by atoms with van der Waals surface area (Å²) in [6.07, 6.45) is 0. The molecule has 0 heterocycles. The largest absolute Gasteiger partial charge is 0.480 e. The van der Waals surface area contributed by atoms with Crippen LogP contribution >= 0.6 is 55.1 Å². The van der Waals surface area contributed by atoms with Gasteiger partial charge in [-0.1, -0.05) is 23.2 Å². The van der Waals surface area contributed by atoms with Crippen molar-refractivity contribution >= 4 is 66.7 Å². The van der Waals surface area contributed by atoms with E-state index >= 15 is 0 Å². The Kier molecular flexibility index (Phi) is 6.31. The molecule has 2 rings (SSSR count). The molecule has 118 valence electrons. The lowest BCUT2D eigenvalue weighted by molar-refractivity contribution is -0.136. The van der Waals surface area contributed by atoms with E-state index in [9.17, 15) is 4.79 Å². The van der Waals surface area contributed by atoms with E-state index in [1.165, 1.54) is 6.07 Å². The molecule has 0 amide bonds. The molecule has 0 unspecified atom stereocenters. The third-order valence-corrected chi connectivity index (χ3v) is 4.28. The summed E-state index contributed by atoms with van der Waals surface area (Å²) in [5.74, 6) is -0.0179. The highest BCUT2D eigenvalue weighted by atomic mass is 79.9. The van der Waals surface area contributed by atoms with Gasteiger partial charge in [0.1, 0.15) is 5.75 Å². The van der Waals surface area contributed by atoms with Gasteiger partial charge >= 0.3 is 5.97 Å². The summed E-state index contributed by atoms with van der Waals surface area (Å²) in [4.78, 5) is 15.2. The molecule has 0 atom stereocenters. The summed E-state index contributed by atoms with van der Waals surface area (Å²) in [7, 11) is 0. The van der Waals surface area contributed by atoms with E-state index in [1.807, 2.05) is 0 Å². The van der Waals surface area contributed by atoms with Gasteiger partial charge in [-0.05, 0) is 62.2 Å². The number of hydrogen-bond acceptors (Lipinski definition) is 3. The Bertz CT molecular complexity index is 783. The van der Waals surface area contributed by atoms with Crippen LogP contribution in [-0.2, 0) is 4.79 Å². The van der Waals surface area contributed by atoms with Crippen LogP contribution in [0.2, 0.25) is 10.0 Å². The topological polar surface area (TPSA) is 39.9 Å². The van der Waals surface area contributed by atoms with Gasteiger partial charge in [0.25, 0.3) is 0 Å². The Morgan fingerprint density at radius 3 is 2.39 bits per heavy atom. The second kappa shape index (κ2) is 8.02. The summed E-state index contributed by atoms with van der Waals surface area (Å²) in [5, 5.41) is 0.770. The molecule has 0 aliphatic carbocycles. The predicted molar refractivity (Wildman–Crippen MR) is 95.7 cm³/mol.